The van der Waals surface area contributed by atoms with Crippen LogP contribution in [0.25, 0.3) is 42.4 Å². The van der Waals surface area contributed by atoms with Crippen LogP contribution in [0.1, 0.15) is 18.6 Å². The van der Waals surface area contributed by atoms with Crippen molar-refractivity contribution in [3.8, 4) is 22.3 Å². The molecule has 0 radical (unpaired) electrons. The van der Waals surface area contributed by atoms with Gasteiger partial charge in [-0.15, -0.1) is 0 Å². The van der Waals surface area contributed by atoms with Crippen LogP contribution in [-0.4, -0.2) is 29.0 Å². The number of fused-ring (bicyclic) bond motifs is 8. The molecule has 4 heteroatoms. The van der Waals surface area contributed by atoms with Crippen molar-refractivity contribution in [3.63, 3.8) is 0 Å². The van der Waals surface area contributed by atoms with E-state index in [-0.39, 0.29) is 0 Å². The second-order valence-electron chi connectivity index (χ2n) is 8.40. The fourth-order valence-electron chi connectivity index (χ4n) is 4.85. The van der Waals surface area contributed by atoms with Crippen molar-refractivity contribution in [3.05, 3.63) is 89.2 Å². The Morgan fingerprint density at radius 2 is 1.06 bits per heavy atom. The van der Waals surface area contributed by atoms with E-state index in [1.807, 2.05) is 22.7 Å². The Hall–Kier alpha value is -1.64. The van der Waals surface area contributed by atoms with Gasteiger partial charge in [-0.05, 0) is 0 Å². The summed E-state index contributed by atoms with van der Waals surface area (Å²) in [4.78, 5) is 7.71. The minimum atomic E-state index is 0.593. The van der Waals surface area contributed by atoms with E-state index >= 15 is 0 Å². The van der Waals surface area contributed by atoms with E-state index in [1.54, 1.807) is 8.87 Å². The molecule has 1 aliphatic carbocycles. The molecule has 7 rings (SSSR count). The quantitative estimate of drug-likeness (QED) is 0.180. The molecule has 0 fully saturated rings. The van der Waals surface area contributed by atoms with Crippen molar-refractivity contribution in [1.29, 1.82) is 0 Å². The van der Waals surface area contributed by atoms with Gasteiger partial charge in [0.2, 0.25) is 0 Å². The van der Waals surface area contributed by atoms with Gasteiger partial charge in [-0.3, -0.25) is 0 Å². The molecular weight excluding hydrogens is 558 g/mol. The predicted octanol–water partition coefficient (Wildman–Crippen LogP) is 7.45. The molecule has 0 nitrogen and oxygen atoms in total. The van der Waals surface area contributed by atoms with Gasteiger partial charge in [0.25, 0.3) is 0 Å². The van der Waals surface area contributed by atoms with Crippen LogP contribution < -0.4 is 0 Å². The van der Waals surface area contributed by atoms with E-state index in [0.29, 0.717) is 29.0 Å². The summed E-state index contributed by atoms with van der Waals surface area (Å²) in [5.74, 6) is 0. The number of aryl methyl sites for hydroxylation is 4. The Kier molecular flexibility index (Phi) is 4.94. The standard InChI is InChI=1S/C28H20S2Se2/c1-3-21(31-13-1)9-7-19-15-17-5-11-23-25(27(17)29-19)24-12-6-18-16-20(30-28(18)26(23)24)8-10-22-4-2-14-32-22/h1-6,11-16H,7-10H2. The SMILES string of the molecule is c1c[se]c(CCc2cc3ccc4c(c3s2)-c2ccc3cc(CCc5ccc[se]5)sc3c2-4)c1. The summed E-state index contributed by atoms with van der Waals surface area (Å²) in [6.07, 6.45) is 4.78. The molecule has 0 bridgehead atoms. The maximum atomic E-state index is 2.43. The predicted molar refractivity (Wildman–Crippen MR) is 143 cm³/mol. The third-order valence-corrected chi connectivity index (χ3v) is 12.8. The van der Waals surface area contributed by atoms with Crippen LogP contribution >= 0.6 is 22.7 Å². The van der Waals surface area contributed by atoms with Gasteiger partial charge >= 0.3 is 209 Å². The molecule has 1 aliphatic rings. The van der Waals surface area contributed by atoms with Gasteiger partial charge in [-0.2, -0.15) is 0 Å². The van der Waals surface area contributed by atoms with Crippen molar-refractivity contribution in [2.45, 2.75) is 25.7 Å². The second-order valence-corrected chi connectivity index (χ2v) is 15.0. The molecule has 2 aromatic carbocycles. The summed E-state index contributed by atoms with van der Waals surface area (Å²) in [5, 5.41) is 2.84. The van der Waals surface area contributed by atoms with Gasteiger partial charge in [0.15, 0.2) is 0 Å². The van der Waals surface area contributed by atoms with Gasteiger partial charge in [0, 0.05) is 0 Å². The van der Waals surface area contributed by atoms with Crippen LogP contribution in [0.5, 0.6) is 0 Å². The molecule has 0 unspecified atom stereocenters. The molecule has 4 heterocycles. The number of hydrogen-bond acceptors (Lipinski definition) is 2. The normalized spacial score (nSPS) is 12.2. The monoisotopic (exact) mass is 580 g/mol. The summed E-state index contributed by atoms with van der Waals surface area (Å²) in [6, 6.07) is 23.4. The Labute approximate surface area is 207 Å². The molecule has 0 aliphatic heterocycles. The van der Waals surface area contributed by atoms with E-state index in [9.17, 15) is 0 Å². The fourth-order valence-corrected chi connectivity index (χ4v) is 10.3. The van der Waals surface area contributed by atoms with Crippen LogP contribution in [0.2, 0.25) is 0 Å². The molecule has 0 spiro atoms. The minimum absolute atomic E-state index is 0.593. The van der Waals surface area contributed by atoms with Crippen molar-refractivity contribution in [2.24, 2.45) is 0 Å². The van der Waals surface area contributed by atoms with Crippen LogP contribution in [0.3, 0.4) is 0 Å². The Morgan fingerprint density at radius 3 is 1.50 bits per heavy atom. The average molecular weight is 579 g/mol. The molecule has 32 heavy (non-hydrogen) atoms. The summed E-state index contributed by atoms with van der Waals surface area (Å²) in [7, 11) is 0. The molecule has 0 amide bonds. The number of thiophene rings is 2. The zero-order valence-corrected chi connectivity index (χ0v) is 22.4. The third kappa shape index (κ3) is 3.29. The van der Waals surface area contributed by atoms with Crippen LogP contribution in [0.15, 0.2) is 70.5 Å². The topological polar surface area (TPSA) is 0 Å². The maximum absolute atomic E-state index is 2.43. The molecule has 4 aromatic heterocycles. The summed E-state index contributed by atoms with van der Waals surface area (Å²) in [5.41, 5.74) is 5.94. The second kappa shape index (κ2) is 7.99. The molecule has 0 saturated heterocycles. The van der Waals surface area contributed by atoms with Crippen LogP contribution in [0, 0.1) is 0 Å². The Morgan fingerprint density at radius 1 is 0.562 bits per heavy atom. The van der Waals surface area contributed by atoms with E-state index in [2.05, 4.69) is 70.5 Å². The van der Waals surface area contributed by atoms with Crippen LogP contribution in [-0.2, 0) is 25.7 Å². The molecular formula is C28H20S2Se2. The average Bonchev–Trinajstić information content (AvgIpc) is 3.58. The summed E-state index contributed by atoms with van der Waals surface area (Å²) < 4.78 is 6.25. The zero-order valence-electron chi connectivity index (χ0n) is 17.4. The zero-order chi connectivity index (χ0) is 21.1. The van der Waals surface area contributed by atoms with Crippen molar-refractivity contribution < 1.29 is 0 Å². The third-order valence-electron chi connectivity index (χ3n) is 6.41. The van der Waals surface area contributed by atoms with E-state index in [0.717, 1.165) is 0 Å². The molecule has 0 atom stereocenters. The number of benzene rings is 2. The van der Waals surface area contributed by atoms with Crippen molar-refractivity contribution in [1.82, 2.24) is 0 Å². The first-order chi connectivity index (χ1) is 15.8. The molecule has 6 aromatic rings. The first-order valence-corrected chi connectivity index (χ1v) is 16.3. The van der Waals surface area contributed by atoms with Crippen molar-refractivity contribution in [2.75, 3.05) is 0 Å². The van der Waals surface area contributed by atoms with Gasteiger partial charge in [0.05, 0.1) is 0 Å². The summed E-state index contributed by atoms with van der Waals surface area (Å²) in [6.45, 7) is 0. The Balaban J connectivity index is 1.22. The van der Waals surface area contributed by atoms with E-state index < -0.39 is 0 Å². The van der Waals surface area contributed by atoms with E-state index in [4.69, 9.17) is 0 Å². The fraction of sp³-hybridized carbons (Fsp3) is 0.143. The van der Waals surface area contributed by atoms with Gasteiger partial charge in [-0.1, -0.05) is 0 Å². The van der Waals surface area contributed by atoms with Crippen LogP contribution in [0.4, 0.5) is 0 Å². The number of hydrogen-bond donors (Lipinski definition) is 0. The number of rotatable bonds is 6. The molecule has 0 N–H and O–H groups in total. The van der Waals surface area contributed by atoms with Gasteiger partial charge < -0.3 is 0 Å². The Bertz CT molecular complexity index is 1430. The van der Waals surface area contributed by atoms with E-state index in [1.165, 1.54) is 77.9 Å². The van der Waals surface area contributed by atoms with Gasteiger partial charge in [0.1, 0.15) is 0 Å². The molecule has 0 saturated carbocycles. The first-order valence-electron chi connectivity index (χ1n) is 11.0. The van der Waals surface area contributed by atoms with Crippen molar-refractivity contribution >= 4 is 71.9 Å². The summed E-state index contributed by atoms with van der Waals surface area (Å²) >= 11 is 5.23. The molecule has 156 valence electrons. The first kappa shape index (κ1) is 19.8. The van der Waals surface area contributed by atoms with Gasteiger partial charge in [-0.25, -0.2) is 0 Å².